The van der Waals surface area contributed by atoms with Gasteiger partial charge >= 0.3 is 0 Å². The van der Waals surface area contributed by atoms with Gasteiger partial charge in [-0.25, -0.2) is 0 Å². The highest BCUT2D eigenvalue weighted by atomic mass is 35.5. The maximum Gasteiger partial charge on any atom is 0.137 e. The van der Waals surface area contributed by atoms with E-state index in [1.807, 2.05) is 30.3 Å². The number of likely N-dealkylation sites (tertiary alicyclic amines) is 1. The number of benzene rings is 2. The minimum absolute atomic E-state index is 0.389. The molecule has 6 nitrogen and oxygen atoms in total. The van der Waals surface area contributed by atoms with Crippen molar-refractivity contribution in [2.24, 2.45) is 0 Å². The van der Waals surface area contributed by atoms with E-state index in [0.717, 1.165) is 37.7 Å². The van der Waals surface area contributed by atoms with Crippen molar-refractivity contribution < 1.29 is 18.9 Å². The predicted molar refractivity (Wildman–Crippen MR) is 130 cm³/mol. The van der Waals surface area contributed by atoms with Gasteiger partial charge in [-0.15, -0.1) is 0 Å². The van der Waals surface area contributed by atoms with E-state index in [4.69, 9.17) is 30.5 Å². The number of nitrogens with zero attached hydrogens (tertiary/aromatic N) is 2. The Hall–Kier alpha value is -1.83. The number of halogens is 1. The molecule has 33 heavy (non-hydrogen) atoms. The largest absolute Gasteiger partial charge is 0.492 e. The standard InChI is InChI=1S/C26H35ClN2O4/c1-30-26(21-33-25-9-5-7-23(27)17-25)19-29(12-14-31-20-26)18-22-6-4-8-24(16-22)32-15-13-28-10-2-3-11-28/h4-9,16-17H,2-3,10-15,18-21H2,1H3/t26-/m1/s1. The first-order valence-electron chi connectivity index (χ1n) is 11.8. The lowest BCUT2D eigenvalue weighted by molar-refractivity contribution is -0.0925. The van der Waals surface area contributed by atoms with Crippen molar-refractivity contribution in [2.75, 3.05) is 66.3 Å². The SMILES string of the molecule is CO[C@@]1(COc2cccc(Cl)c2)COCCN(Cc2cccc(OCCN3CCCC3)c2)C1. The van der Waals surface area contributed by atoms with Crippen LogP contribution in [0.25, 0.3) is 0 Å². The van der Waals surface area contributed by atoms with Crippen LogP contribution >= 0.6 is 11.6 Å². The lowest BCUT2D eigenvalue weighted by atomic mass is 10.1. The van der Waals surface area contributed by atoms with Gasteiger partial charge in [-0.2, -0.15) is 0 Å². The zero-order chi connectivity index (χ0) is 22.9. The molecule has 0 bridgehead atoms. The van der Waals surface area contributed by atoms with Gasteiger partial charge in [0.05, 0.1) is 13.2 Å². The first-order chi connectivity index (χ1) is 16.1. The van der Waals surface area contributed by atoms with E-state index in [-0.39, 0.29) is 0 Å². The van der Waals surface area contributed by atoms with Crippen LogP contribution in [-0.4, -0.2) is 81.7 Å². The van der Waals surface area contributed by atoms with Gasteiger partial charge in [-0.05, 0) is 61.8 Å². The maximum atomic E-state index is 6.10. The molecule has 0 amide bonds. The van der Waals surface area contributed by atoms with Gasteiger partial charge in [0, 0.05) is 38.3 Å². The number of hydrogen-bond acceptors (Lipinski definition) is 6. The van der Waals surface area contributed by atoms with E-state index < -0.39 is 5.60 Å². The molecular weight excluding hydrogens is 440 g/mol. The second kappa shape index (κ2) is 12.0. The van der Waals surface area contributed by atoms with Crippen LogP contribution in [0.4, 0.5) is 0 Å². The molecule has 2 heterocycles. The van der Waals surface area contributed by atoms with Gasteiger partial charge in [0.1, 0.15) is 30.3 Å². The second-order valence-electron chi connectivity index (χ2n) is 8.94. The molecule has 7 heteroatoms. The molecule has 0 aromatic heterocycles. The molecule has 2 aliphatic heterocycles. The molecule has 2 aliphatic rings. The maximum absolute atomic E-state index is 6.10. The van der Waals surface area contributed by atoms with Gasteiger partial charge in [0.2, 0.25) is 0 Å². The normalized spacial score (nSPS) is 22.2. The summed E-state index contributed by atoms with van der Waals surface area (Å²) < 4.78 is 23.9. The fraction of sp³-hybridized carbons (Fsp3) is 0.538. The molecule has 0 unspecified atom stereocenters. The summed E-state index contributed by atoms with van der Waals surface area (Å²) in [7, 11) is 1.73. The zero-order valence-corrected chi connectivity index (χ0v) is 20.3. The van der Waals surface area contributed by atoms with E-state index in [1.165, 1.54) is 31.5 Å². The molecule has 2 aromatic rings. The van der Waals surface area contributed by atoms with E-state index in [9.17, 15) is 0 Å². The number of rotatable bonds is 10. The summed E-state index contributed by atoms with van der Waals surface area (Å²) in [4.78, 5) is 4.83. The Bertz CT molecular complexity index is 877. The minimum Gasteiger partial charge on any atom is -0.492 e. The van der Waals surface area contributed by atoms with Gasteiger partial charge in [-0.3, -0.25) is 9.80 Å². The highest BCUT2D eigenvalue weighted by molar-refractivity contribution is 6.30. The van der Waals surface area contributed by atoms with Crippen LogP contribution in [-0.2, 0) is 16.0 Å². The Balaban J connectivity index is 1.33. The predicted octanol–water partition coefficient (Wildman–Crippen LogP) is 4.11. The summed E-state index contributed by atoms with van der Waals surface area (Å²) in [5, 5.41) is 0.653. The van der Waals surface area contributed by atoms with Crippen molar-refractivity contribution in [1.29, 1.82) is 0 Å². The zero-order valence-electron chi connectivity index (χ0n) is 19.5. The van der Waals surface area contributed by atoms with E-state index >= 15 is 0 Å². The molecule has 2 aromatic carbocycles. The number of ether oxygens (including phenoxy) is 4. The van der Waals surface area contributed by atoms with Crippen molar-refractivity contribution in [2.45, 2.75) is 25.0 Å². The van der Waals surface area contributed by atoms with Gasteiger partial charge in [0.15, 0.2) is 0 Å². The summed E-state index contributed by atoms with van der Waals surface area (Å²) in [5.41, 5.74) is 0.666. The van der Waals surface area contributed by atoms with Crippen molar-refractivity contribution in [1.82, 2.24) is 9.80 Å². The van der Waals surface area contributed by atoms with Crippen LogP contribution in [0.5, 0.6) is 11.5 Å². The lowest BCUT2D eigenvalue weighted by Gasteiger charge is -2.34. The molecule has 0 aliphatic carbocycles. The quantitative estimate of drug-likeness (QED) is 0.516. The molecule has 1 atom stereocenters. The molecule has 0 N–H and O–H groups in total. The molecule has 2 fully saturated rings. The van der Waals surface area contributed by atoms with E-state index in [0.29, 0.717) is 31.4 Å². The topological polar surface area (TPSA) is 43.4 Å². The average Bonchev–Trinajstić information content (AvgIpc) is 3.25. The molecule has 0 radical (unpaired) electrons. The second-order valence-corrected chi connectivity index (χ2v) is 9.38. The number of methoxy groups -OCH3 is 1. The lowest BCUT2D eigenvalue weighted by Crippen LogP contribution is -2.50. The van der Waals surface area contributed by atoms with Crippen molar-refractivity contribution in [3.63, 3.8) is 0 Å². The summed E-state index contributed by atoms with van der Waals surface area (Å²) in [6.07, 6.45) is 2.62. The van der Waals surface area contributed by atoms with Gasteiger partial charge in [-0.1, -0.05) is 29.8 Å². The highest BCUT2D eigenvalue weighted by Gasteiger charge is 2.36. The Morgan fingerprint density at radius 1 is 0.970 bits per heavy atom. The molecule has 2 saturated heterocycles. The Labute approximate surface area is 202 Å². The Kier molecular flexibility index (Phi) is 8.87. The third-order valence-electron chi connectivity index (χ3n) is 6.34. The van der Waals surface area contributed by atoms with Crippen LogP contribution in [0.1, 0.15) is 18.4 Å². The molecule has 0 saturated carbocycles. The summed E-state index contributed by atoms with van der Waals surface area (Å²) >= 11 is 6.10. The van der Waals surface area contributed by atoms with E-state index in [1.54, 1.807) is 7.11 Å². The van der Waals surface area contributed by atoms with E-state index in [2.05, 4.69) is 28.0 Å². The van der Waals surface area contributed by atoms with Crippen LogP contribution in [0.3, 0.4) is 0 Å². The monoisotopic (exact) mass is 474 g/mol. The molecule has 180 valence electrons. The number of hydrogen-bond donors (Lipinski definition) is 0. The fourth-order valence-electron chi connectivity index (χ4n) is 4.45. The Morgan fingerprint density at radius 2 is 1.76 bits per heavy atom. The first kappa shape index (κ1) is 24.3. The third-order valence-corrected chi connectivity index (χ3v) is 6.57. The summed E-state index contributed by atoms with van der Waals surface area (Å²) in [6, 6.07) is 15.8. The van der Waals surface area contributed by atoms with Crippen LogP contribution < -0.4 is 9.47 Å². The first-order valence-corrected chi connectivity index (χ1v) is 12.2. The summed E-state index contributed by atoms with van der Waals surface area (Å²) in [6.45, 7) is 8.01. The molecular formula is C26H35ClN2O4. The van der Waals surface area contributed by atoms with Crippen LogP contribution in [0.2, 0.25) is 5.02 Å². The third kappa shape index (κ3) is 7.33. The Morgan fingerprint density at radius 3 is 2.55 bits per heavy atom. The summed E-state index contributed by atoms with van der Waals surface area (Å²) in [5.74, 6) is 1.66. The molecule has 0 spiro atoms. The highest BCUT2D eigenvalue weighted by Crippen LogP contribution is 2.23. The van der Waals surface area contributed by atoms with Crippen molar-refractivity contribution >= 4 is 11.6 Å². The van der Waals surface area contributed by atoms with Crippen molar-refractivity contribution in [3.8, 4) is 11.5 Å². The van der Waals surface area contributed by atoms with Gasteiger partial charge < -0.3 is 18.9 Å². The fourth-order valence-corrected chi connectivity index (χ4v) is 4.63. The average molecular weight is 475 g/mol. The minimum atomic E-state index is -0.553. The van der Waals surface area contributed by atoms with Gasteiger partial charge in [0.25, 0.3) is 0 Å². The van der Waals surface area contributed by atoms with Crippen molar-refractivity contribution in [3.05, 3.63) is 59.1 Å². The van der Waals surface area contributed by atoms with Crippen LogP contribution in [0, 0.1) is 0 Å². The smallest absolute Gasteiger partial charge is 0.137 e. The molecule has 4 rings (SSSR count). The van der Waals surface area contributed by atoms with Crippen LogP contribution in [0.15, 0.2) is 48.5 Å².